The zero-order valence-corrected chi connectivity index (χ0v) is 12.1. The molecule has 19 heavy (non-hydrogen) atoms. The molecular formula is C14H21NO3S. The van der Waals surface area contributed by atoms with Gasteiger partial charge in [0.15, 0.2) is 0 Å². The van der Waals surface area contributed by atoms with Crippen LogP contribution in [0.2, 0.25) is 0 Å². The topological polar surface area (TPSA) is 55.4 Å². The van der Waals surface area contributed by atoms with Gasteiger partial charge in [-0.3, -0.25) is 0 Å². The molecule has 0 aliphatic carbocycles. The van der Waals surface area contributed by atoms with E-state index in [1.807, 2.05) is 31.2 Å². The Morgan fingerprint density at radius 2 is 1.95 bits per heavy atom. The van der Waals surface area contributed by atoms with Gasteiger partial charge in [0, 0.05) is 18.2 Å². The first-order chi connectivity index (χ1) is 9.11. The van der Waals surface area contributed by atoms with Crippen molar-refractivity contribution < 1.29 is 13.2 Å². The average Bonchev–Trinajstić information content (AvgIpc) is 2.39. The van der Waals surface area contributed by atoms with Crippen molar-refractivity contribution in [2.45, 2.75) is 32.4 Å². The summed E-state index contributed by atoms with van der Waals surface area (Å²) in [6.07, 6.45) is 1.41. The first-order valence-electron chi connectivity index (χ1n) is 6.75. The van der Waals surface area contributed by atoms with Crippen molar-refractivity contribution in [3.8, 4) is 5.75 Å². The lowest BCUT2D eigenvalue weighted by Gasteiger charge is -2.23. The highest BCUT2D eigenvalue weighted by molar-refractivity contribution is 7.91. The molecule has 0 spiro atoms. The zero-order chi connectivity index (χ0) is 13.7. The Bertz CT molecular complexity index is 499. The molecule has 1 N–H and O–H groups in total. The molecule has 5 heteroatoms. The molecule has 0 aromatic heterocycles. The normalized spacial score (nSPS) is 19.2. The summed E-state index contributed by atoms with van der Waals surface area (Å²) in [6.45, 7) is 3.34. The molecule has 0 unspecified atom stereocenters. The van der Waals surface area contributed by atoms with Crippen LogP contribution in [0.3, 0.4) is 0 Å². The van der Waals surface area contributed by atoms with E-state index in [-0.39, 0.29) is 0 Å². The lowest BCUT2D eigenvalue weighted by Crippen LogP contribution is -2.37. The molecule has 0 amide bonds. The smallest absolute Gasteiger partial charge is 0.150 e. The Kier molecular flexibility index (Phi) is 4.82. The molecule has 0 bridgehead atoms. The van der Waals surface area contributed by atoms with Gasteiger partial charge in [-0.05, 0) is 25.8 Å². The van der Waals surface area contributed by atoms with Gasteiger partial charge in [0.05, 0.1) is 18.1 Å². The van der Waals surface area contributed by atoms with Crippen LogP contribution >= 0.6 is 0 Å². The minimum absolute atomic E-state index is 0.290. The van der Waals surface area contributed by atoms with Gasteiger partial charge in [0.1, 0.15) is 15.6 Å². The lowest BCUT2D eigenvalue weighted by atomic mass is 10.1. The summed E-state index contributed by atoms with van der Waals surface area (Å²) in [4.78, 5) is 0. The van der Waals surface area contributed by atoms with Gasteiger partial charge in [0.25, 0.3) is 0 Å². The fraction of sp³-hybridized carbons (Fsp3) is 0.571. The fourth-order valence-electron chi connectivity index (χ4n) is 2.29. The second-order valence-corrected chi connectivity index (χ2v) is 7.15. The van der Waals surface area contributed by atoms with Crippen LogP contribution in [0.4, 0.5) is 0 Å². The number of hydrogen-bond acceptors (Lipinski definition) is 4. The van der Waals surface area contributed by atoms with Gasteiger partial charge in [0.2, 0.25) is 0 Å². The molecule has 2 rings (SSSR count). The van der Waals surface area contributed by atoms with Gasteiger partial charge in [-0.2, -0.15) is 0 Å². The van der Waals surface area contributed by atoms with Crippen molar-refractivity contribution in [2.75, 3.05) is 18.1 Å². The molecular weight excluding hydrogens is 262 g/mol. The van der Waals surface area contributed by atoms with E-state index < -0.39 is 9.84 Å². The van der Waals surface area contributed by atoms with E-state index in [0.29, 0.717) is 37.0 Å². The fourth-order valence-corrected chi connectivity index (χ4v) is 3.79. The van der Waals surface area contributed by atoms with E-state index in [9.17, 15) is 8.42 Å². The van der Waals surface area contributed by atoms with E-state index >= 15 is 0 Å². The minimum atomic E-state index is -2.78. The molecule has 1 fully saturated rings. The minimum Gasteiger partial charge on any atom is -0.494 e. The highest BCUT2D eigenvalue weighted by Crippen LogP contribution is 2.19. The van der Waals surface area contributed by atoms with E-state index in [0.717, 1.165) is 17.9 Å². The Labute approximate surface area is 115 Å². The van der Waals surface area contributed by atoms with Crippen molar-refractivity contribution in [3.05, 3.63) is 29.8 Å². The average molecular weight is 283 g/mol. The number of para-hydroxylation sites is 1. The predicted molar refractivity (Wildman–Crippen MR) is 76.1 cm³/mol. The molecule has 0 atom stereocenters. The third kappa shape index (κ3) is 4.21. The largest absolute Gasteiger partial charge is 0.494 e. The number of rotatable bonds is 5. The number of nitrogens with one attached hydrogen (secondary N) is 1. The summed E-state index contributed by atoms with van der Waals surface area (Å²) in [6, 6.07) is 8.24. The van der Waals surface area contributed by atoms with Crippen LogP contribution in [0.15, 0.2) is 24.3 Å². The maximum absolute atomic E-state index is 11.4. The summed E-state index contributed by atoms with van der Waals surface area (Å²) >= 11 is 0. The van der Waals surface area contributed by atoms with Crippen molar-refractivity contribution in [1.29, 1.82) is 0 Å². The van der Waals surface area contributed by atoms with Gasteiger partial charge < -0.3 is 10.1 Å². The SMILES string of the molecule is CCOc1ccccc1CNC1CCS(=O)(=O)CC1. The first-order valence-corrected chi connectivity index (χ1v) is 8.57. The summed E-state index contributed by atoms with van der Waals surface area (Å²) in [5.74, 6) is 1.51. The van der Waals surface area contributed by atoms with E-state index in [2.05, 4.69) is 5.32 Å². The highest BCUT2D eigenvalue weighted by atomic mass is 32.2. The predicted octanol–water partition coefficient (Wildman–Crippen LogP) is 1.75. The van der Waals surface area contributed by atoms with Crippen molar-refractivity contribution in [2.24, 2.45) is 0 Å². The second kappa shape index (κ2) is 6.39. The molecule has 1 aliphatic rings. The van der Waals surface area contributed by atoms with E-state index in [1.54, 1.807) is 0 Å². The van der Waals surface area contributed by atoms with E-state index in [1.165, 1.54) is 0 Å². The van der Waals surface area contributed by atoms with Crippen LogP contribution < -0.4 is 10.1 Å². The molecule has 4 nitrogen and oxygen atoms in total. The molecule has 106 valence electrons. The van der Waals surface area contributed by atoms with Crippen LogP contribution in [0.25, 0.3) is 0 Å². The molecule has 1 aromatic carbocycles. The number of ether oxygens (including phenoxy) is 1. The van der Waals surface area contributed by atoms with Crippen LogP contribution in [0.1, 0.15) is 25.3 Å². The van der Waals surface area contributed by atoms with Crippen molar-refractivity contribution in [3.63, 3.8) is 0 Å². The zero-order valence-electron chi connectivity index (χ0n) is 11.3. The highest BCUT2D eigenvalue weighted by Gasteiger charge is 2.23. The van der Waals surface area contributed by atoms with Crippen molar-refractivity contribution >= 4 is 9.84 Å². The monoisotopic (exact) mass is 283 g/mol. The van der Waals surface area contributed by atoms with Gasteiger partial charge in [-0.25, -0.2) is 8.42 Å². The van der Waals surface area contributed by atoms with Gasteiger partial charge in [-0.1, -0.05) is 18.2 Å². The maximum atomic E-state index is 11.4. The number of hydrogen-bond donors (Lipinski definition) is 1. The van der Waals surface area contributed by atoms with Crippen LogP contribution in [-0.4, -0.2) is 32.6 Å². The molecule has 1 heterocycles. The Morgan fingerprint density at radius 1 is 1.26 bits per heavy atom. The standard InChI is InChI=1S/C14H21NO3S/c1-2-18-14-6-4-3-5-12(14)11-15-13-7-9-19(16,17)10-8-13/h3-6,13,15H,2,7-11H2,1H3. The molecule has 0 radical (unpaired) electrons. The summed E-state index contributed by atoms with van der Waals surface area (Å²) < 4.78 is 28.3. The Hall–Kier alpha value is -1.07. The first kappa shape index (κ1) is 14.3. The quantitative estimate of drug-likeness (QED) is 0.894. The molecule has 1 saturated heterocycles. The number of benzene rings is 1. The van der Waals surface area contributed by atoms with Crippen LogP contribution in [0.5, 0.6) is 5.75 Å². The third-order valence-electron chi connectivity index (χ3n) is 3.41. The molecule has 1 aromatic rings. The number of sulfone groups is 1. The van der Waals surface area contributed by atoms with Crippen LogP contribution in [-0.2, 0) is 16.4 Å². The summed E-state index contributed by atoms with van der Waals surface area (Å²) in [5, 5.41) is 3.43. The maximum Gasteiger partial charge on any atom is 0.150 e. The van der Waals surface area contributed by atoms with E-state index in [4.69, 9.17) is 4.74 Å². The third-order valence-corrected chi connectivity index (χ3v) is 5.12. The van der Waals surface area contributed by atoms with Gasteiger partial charge in [-0.15, -0.1) is 0 Å². The summed E-state index contributed by atoms with van der Waals surface area (Å²) in [5.41, 5.74) is 1.12. The van der Waals surface area contributed by atoms with Crippen LogP contribution in [0, 0.1) is 0 Å². The Balaban J connectivity index is 1.89. The second-order valence-electron chi connectivity index (χ2n) is 4.85. The lowest BCUT2D eigenvalue weighted by molar-refractivity contribution is 0.334. The van der Waals surface area contributed by atoms with Gasteiger partial charge >= 0.3 is 0 Å². The molecule has 1 aliphatic heterocycles. The Morgan fingerprint density at radius 3 is 2.63 bits per heavy atom. The van der Waals surface area contributed by atoms with Crippen molar-refractivity contribution in [1.82, 2.24) is 5.32 Å². The molecule has 0 saturated carbocycles. The summed E-state index contributed by atoms with van der Waals surface area (Å²) in [7, 11) is -2.78.